The van der Waals surface area contributed by atoms with Gasteiger partial charge in [0, 0.05) is 24.6 Å². The minimum Gasteiger partial charge on any atom is -0.387 e. The Hall–Kier alpha value is -1.84. The third kappa shape index (κ3) is 2.70. The van der Waals surface area contributed by atoms with Crippen LogP contribution >= 0.6 is 0 Å². The monoisotopic (exact) mass is 245 g/mol. The van der Waals surface area contributed by atoms with Crippen molar-refractivity contribution in [3.8, 4) is 0 Å². The number of carbonyl (C=O) groups is 1. The second-order valence-corrected chi connectivity index (χ2v) is 4.89. The number of carbonyl (C=O) groups excluding carboxylic acids is 1. The zero-order valence-corrected chi connectivity index (χ0v) is 10.6. The second-order valence-electron chi connectivity index (χ2n) is 4.89. The van der Waals surface area contributed by atoms with Gasteiger partial charge in [-0.25, -0.2) is 0 Å². The number of benzene rings is 1. The van der Waals surface area contributed by atoms with Crippen LogP contribution in [0.2, 0.25) is 0 Å². The van der Waals surface area contributed by atoms with Crippen LogP contribution in [0.3, 0.4) is 0 Å². The third-order valence-corrected chi connectivity index (χ3v) is 3.52. The Bertz CT molecular complexity index is 445. The number of amidine groups is 1. The van der Waals surface area contributed by atoms with Gasteiger partial charge in [-0.15, -0.1) is 0 Å². The van der Waals surface area contributed by atoms with E-state index in [0.717, 1.165) is 24.0 Å². The van der Waals surface area contributed by atoms with Crippen molar-refractivity contribution in [3.05, 3.63) is 35.4 Å². The van der Waals surface area contributed by atoms with Crippen LogP contribution in [0.1, 0.15) is 28.8 Å². The molecular weight excluding hydrogens is 226 g/mol. The van der Waals surface area contributed by atoms with Gasteiger partial charge in [0.05, 0.1) is 5.84 Å². The molecule has 3 N–H and O–H groups in total. The molecule has 0 spiro atoms. The second kappa shape index (κ2) is 5.21. The number of nitrogens with two attached hydrogens (primary N) is 1. The van der Waals surface area contributed by atoms with E-state index in [1.807, 2.05) is 36.1 Å². The SMILES string of the molecule is Cc1ccc(C(=O)N2CCC(C(=N)N)CC2)cc1. The molecule has 0 radical (unpaired) electrons. The molecule has 2 rings (SSSR count). The molecule has 0 saturated carbocycles. The highest BCUT2D eigenvalue weighted by Crippen LogP contribution is 2.18. The Morgan fingerprint density at radius 1 is 1.28 bits per heavy atom. The molecule has 18 heavy (non-hydrogen) atoms. The molecule has 96 valence electrons. The summed E-state index contributed by atoms with van der Waals surface area (Å²) in [5, 5.41) is 7.42. The van der Waals surface area contributed by atoms with Crippen molar-refractivity contribution < 1.29 is 4.79 Å². The number of nitrogens with one attached hydrogen (secondary N) is 1. The van der Waals surface area contributed by atoms with E-state index in [1.165, 1.54) is 0 Å². The lowest BCUT2D eigenvalue weighted by atomic mass is 9.95. The normalized spacial score (nSPS) is 16.6. The van der Waals surface area contributed by atoms with Crippen molar-refractivity contribution in [1.29, 1.82) is 5.41 Å². The average molecular weight is 245 g/mol. The number of piperidine rings is 1. The van der Waals surface area contributed by atoms with Crippen molar-refractivity contribution in [2.45, 2.75) is 19.8 Å². The molecule has 0 atom stereocenters. The van der Waals surface area contributed by atoms with Crippen molar-refractivity contribution in [2.75, 3.05) is 13.1 Å². The lowest BCUT2D eigenvalue weighted by molar-refractivity contribution is 0.0709. The van der Waals surface area contributed by atoms with Crippen LogP contribution in [0.4, 0.5) is 0 Å². The molecule has 0 aliphatic carbocycles. The van der Waals surface area contributed by atoms with Crippen LogP contribution in [0.5, 0.6) is 0 Å². The van der Waals surface area contributed by atoms with E-state index in [9.17, 15) is 4.79 Å². The predicted molar refractivity (Wildman–Crippen MR) is 71.7 cm³/mol. The van der Waals surface area contributed by atoms with Crippen molar-refractivity contribution in [2.24, 2.45) is 11.7 Å². The standard InChI is InChI=1S/C14H19N3O/c1-10-2-4-12(5-3-10)14(18)17-8-6-11(7-9-17)13(15)16/h2-5,11H,6-9H2,1H3,(H3,15,16). The molecule has 1 aliphatic heterocycles. The van der Waals surface area contributed by atoms with Gasteiger partial charge in [-0.3, -0.25) is 10.2 Å². The molecule has 1 amide bonds. The zero-order valence-electron chi connectivity index (χ0n) is 10.6. The fourth-order valence-electron chi connectivity index (χ4n) is 2.27. The number of nitrogens with zero attached hydrogens (tertiary/aromatic N) is 1. The van der Waals surface area contributed by atoms with Gasteiger partial charge in [-0.1, -0.05) is 17.7 Å². The number of rotatable bonds is 2. The summed E-state index contributed by atoms with van der Waals surface area (Å²) >= 11 is 0. The van der Waals surface area contributed by atoms with Crippen LogP contribution in [0.25, 0.3) is 0 Å². The summed E-state index contributed by atoms with van der Waals surface area (Å²) in [6, 6.07) is 7.65. The molecule has 0 aromatic heterocycles. The van der Waals surface area contributed by atoms with Gasteiger partial charge in [0.2, 0.25) is 0 Å². The molecule has 4 nitrogen and oxygen atoms in total. The van der Waals surface area contributed by atoms with Gasteiger partial charge in [-0.05, 0) is 31.9 Å². The fraction of sp³-hybridized carbons (Fsp3) is 0.429. The van der Waals surface area contributed by atoms with Gasteiger partial charge >= 0.3 is 0 Å². The number of hydrogen-bond donors (Lipinski definition) is 2. The van der Waals surface area contributed by atoms with Crippen LogP contribution in [-0.2, 0) is 0 Å². The highest BCUT2D eigenvalue weighted by molar-refractivity contribution is 5.94. The Morgan fingerprint density at radius 3 is 2.33 bits per heavy atom. The first-order valence-corrected chi connectivity index (χ1v) is 6.28. The zero-order chi connectivity index (χ0) is 13.1. The molecule has 1 aromatic rings. The van der Waals surface area contributed by atoms with E-state index >= 15 is 0 Å². The van der Waals surface area contributed by atoms with E-state index in [0.29, 0.717) is 13.1 Å². The van der Waals surface area contributed by atoms with Gasteiger partial charge in [0.1, 0.15) is 0 Å². The largest absolute Gasteiger partial charge is 0.387 e. The average Bonchev–Trinajstić information content (AvgIpc) is 2.39. The van der Waals surface area contributed by atoms with Gasteiger partial charge in [-0.2, -0.15) is 0 Å². The molecule has 1 heterocycles. The minimum absolute atomic E-state index is 0.0806. The van der Waals surface area contributed by atoms with E-state index in [1.54, 1.807) is 0 Å². The fourth-order valence-corrected chi connectivity index (χ4v) is 2.27. The molecule has 1 fully saturated rings. The van der Waals surface area contributed by atoms with E-state index in [2.05, 4.69) is 0 Å². The summed E-state index contributed by atoms with van der Waals surface area (Å²) in [5.74, 6) is 0.474. The van der Waals surface area contributed by atoms with Crippen LogP contribution in [-0.4, -0.2) is 29.7 Å². The smallest absolute Gasteiger partial charge is 0.253 e. The molecular formula is C14H19N3O. The number of likely N-dealkylation sites (tertiary alicyclic amines) is 1. The quantitative estimate of drug-likeness (QED) is 0.616. The summed E-state index contributed by atoms with van der Waals surface area (Å²) in [6.07, 6.45) is 1.60. The summed E-state index contributed by atoms with van der Waals surface area (Å²) in [4.78, 5) is 14.1. The number of amides is 1. The maximum Gasteiger partial charge on any atom is 0.253 e. The van der Waals surface area contributed by atoms with Crippen molar-refractivity contribution in [1.82, 2.24) is 4.90 Å². The topological polar surface area (TPSA) is 70.2 Å². The maximum absolute atomic E-state index is 12.2. The minimum atomic E-state index is 0.0806. The molecule has 1 aliphatic rings. The van der Waals surface area contributed by atoms with Gasteiger partial charge < -0.3 is 10.6 Å². The summed E-state index contributed by atoms with van der Waals surface area (Å²) in [7, 11) is 0. The summed E-state index contributed by atoms with van der Waals surface area (Å²) in [6.45, 7) is 3.39. The molecule has 0 bridgehead atoms. The van der Waals surface area contributed by atoms with Crippen LogP contribution in [0.15, 0.2) is 24.3 Å². The van der Waals surface area contributed by atoms with Crippen LogP contribution < -0.4 is 5.73 Å². The van der Waals surface area contributed by atoms with Crippen LogP contribution in [0, 0.1) is 18.3 Å². The van der Waals surface area contributed by atoms with E-state index in [-0.39, 0.29) is 17.7 Å². The Balaban J connectivity index is 1.99. The highest BCUT2D eigenvalue weighted by atomic mass is 16.2. The van der Waals surface area contributed by atoms with Gasteiger partial charge in [0.15, 0.2) is 0 Å². The Kier molecular flexibility index (Phi) is 3.65. The summed E-state index contributed by atoms with van der Waals surface area (Å²) in [5.41, 5.74) is 7.39. The predicted octanol–water partition coefficient (Wildman–Crippen LogP) is 1.78. The molecule has 1 saturated heterocycles. The Morgan fingerprint density at radius 2 is 1.83 bits per heavy atom. The molecule has 0 unspecified atom stereocenters. The molecule has 1 aromatic carbocycles. The first kappa shape index (κ1) is 12.6. The van der Waals surface area contributed by atoms with Gasteiger partial charge in [0.25, 0.3) is 5.91 Å². The lowest BCUT2D eigenvalue weighted by Gasteiger charge is -2.31. The van der Waals surface area contributed by atoms with Crippen molar-refractivity contribution in [3.63, 3.8) is 0 Å². The first-order valence-electron chi connectivity index (χ1n) is 6.28. The highest BCUT2D eigenvalue weighted by Gasteiger charge is 2.24. The third-order valence-electron chi connectivity index (χ3n) is 3.52. The Labute approximate surface area is 107 Å². The summed E-state index contributed by atoms with van der Waals surface area (Å²) < 4.78 is 0. The van der Waals surface area contributed by atoms with Crippen molar-refractivity contribution >= 4 is 11.7 Å². The van der Waals surface area contributed by atoms with E-state index < -0.39 is 0 Å². The maximum atomic E-state index is 12.2. The number of hydrogen-bond acceptors (Lipinski definition) is 2. The molecule has 4 heteroatoms. The van der Waals surface area contributed by atoms with E-state index in [4.69, 9.17) is 11.1 Å². The number of aryl methyl sites for hydroxylation is 1. The first-order chi connectivity index (χ1) is 8.58. The lowest BCUT2D eigenvalue weighted by Crippen LogP contribution is -2.41.